The van der Waals surface area contributed by atoms with E-state index in [9.17, 15) is 4.39 Å². The molecule has 1 fully saturated rings. The van der Waals surface area contributed by atoms with Crippen molar-refractivity contribution in [3.8, 4) is 0 Å². The van der Waals surface area contributed by atoms with Crippen LogP contribution in [-0.4, -0.2) is 17.5 Å². The Bertz CT molecular complexity index is 432. The molecule has 1 aliphatic carbocycles. The lowest BCUT2D eigenvalue weighted by atomic mass is 10.0. The molecule has 0 bridgehead atoms. The zero-order chi connectivity index (χ0) is 13.9. The van der Waals surface area contributed by atoms with Crippen LogP contribution in [0.25, 0.3) is 0 Å². The molecule has 1 N–H and O–H groups in total. The molecule has 1 nitrogen and oxygen atoms in total. The first-order valence-corrected chi connectivity index (χ1v) is 8.40. The van der Waals surface area contributed by atoms with Crippen LogP contribution < -0.4 is 5.32 Å². The van der Waals surface area contributed by atoms with Gasteiger partial charge in [-0.25, -0.2) is 4.39 Å². The van der Waals surface area contributed by atoms with Crippen molar-refractivity contribution < 1.29 is 4.39 Å². The normalized spacial score (nSPS) is 19.6. The first kappa shape index (κ1) is 15.1. The fourth-order valence-corrected chi connectivity index (χ4v) is 4.03. The molecular weight excluding hydrogens is 281 g/mol. The summed E-state index contributed by atoms with van der Waals surface area (Å²) < 4.78 is 13.4. The summed E-state index contributed by atoms with van der Waals surface area (Å²) in [5.74, 6) is -0.280. The molecular formula is C15H21ClFNS. The van der Waals surface area contributed by atoms with E-state index in [1.165, 1.54) is 37.8 Å². The van der Waals surface area contributed by atoms with Crippen LogP contribution in [0.1, 0.15) is 44.2 Å². The lowest BCUT2D eigenvalue weighted by molar-refractivity contribution is 0.486. The number of hydrogen-bond donors (Lipinski definition) is 1. The Labute approximate surface area is 124 Å². The smallest absolute Gasteiger partial charge is 0.124 e. The summed E-state index contributed by atoms with van der Waals surface area (Å²) in [6.45, 7) is 3.07. The van der Waals surface area contributed by atoms with Crippen molar-refractivity contribution in [1.82, 2.24) is 5.32 Å². The van der Waals surface area contributed by atoms with Crippen LogP contribution in [0.2, 0.25) is 5.02 Å². The SMILES string of the molecule is CSC1(CNC(C)c2ccc(F)cc2Cl)CCCC1. The van der Waals surface area contributed by atoms with Gasteiger partial charge in [0, 0.05) is 22.4 Å². The molecule has 1 aliphatic rings. The van der Waals surface area contributed by atoms with Gasteiger partial charge in [-0.05, 0) is 43.7 Å². The summed E-state index contributed by atoms with van der Waals surface area (Å²) in [5, 5.41) is 4.07. The Morgan fingerprint density at radius 3 is 2.68 bits per heavy atom. The van der Waals surface area contributed by atoms with E-state index < -0.39 is 0 Å². The maximum absolute atomic E-state index is 13.0. The second-order valence-electron chi connectivity index (χ2n) is 5.36. The van der Waals surface area contributed by atoms with Crippen LogP contribution in [-0.2, 0) is 0 Å². The van der Waals surface area contributed by atoms with Crippen molar-refractivity contribution in [2.24, 2.45) is 0 Å². The fourth-order valence-electron chi connectivity index (χ4n) is 2.77. The molecule has 0 saturated heterocycles. The van der Waals surface area contributed by atoms with Crippen LogP contribution in [0.5, 0.6) is 0 Å². The summed E-state index contributed by atoms with van der Waals surface area (Å²) in [6.07, 6.45) is 7.42. The van der Waals surface area contributed by atoms with Crippen molar-refractivity contribution in [2.45, 2.75) is 43.4 Å². The van der Waals surface area contributed by atoms with Gasteiger partial charge >= 0.3 is 0 Å². The zero-order valence-corrected chi connectivity index (χ0v) is 13.1. The Kier molecular flexibility index (Phi) is 5.15. The van der Waals surface area contributed by atoms with E-state index in [1.807, 2.05) is 11.8 Å². The van der Waals surface area contributed by atoms with Crippen molar-refractivity contribution >= 4 is 23.4 Å². The standard InChI is InChI=1S/C15H21ClFNS/c1-11(13-6-5-12(17)9-14(13)16)18-10-15(19-2)7-3-4-8-15/h5-6,9,11,18H,3-4,7-8,10H2,1-2H3. The first-order chi connectivity index (χ1) is 9.06. The molecule has 0 spiro atoms. The second-order valence-corrected chi connectivity index (χ2v) is 7.04. The van der Waals surface area contributed by atoms with Gasteiger partial charge in [0.05, 0.1) is 0 Å². The highest BCUT2D eigenvalue weighted by atomic mass is 35.5. The quantitative estimate of drug-likeness (QED) is 0.838. The van der Waals surface area contributed by atoms with Crippen LogP contribution in [0.4, 0.5) is 4.39 Å². The molecule has 1 saturated carbocycles. The summed E-state index contributed by atoms with van der Waals surface area (Å²) >= 11 is 8.07. The lowest BCUT2D eigenvalue weighted by Crippen LogP contribution is -2.36. The summed E-state index contributed by atoms with van der Waals surface area (Å²) in [4.78, 5) is 0. The molecule has 0 amide bonds. The van der Waals surface area contributed by atoms with E-state index in [-0.39, 0.29) is 11.9 Å². The predicted molar refractivity (Wildman–Crippen MR) is 82.5 cm³/mol. The average molecular weight is 302 g/mol. The van der Waals surface area contributed by atoms with Gasteiger partial charge < -0.3 is 5.32 Å². The van der Waals surface area contributed by atoms with E-state index >= 15 is 0 Å². The van der Waals surface area contributed by atoms with Gasteiger partial charge in [0.2, 0.25) is 0 Å². The molecule has 1 aromatic carbocycles. The monoisotopic (exact) mass is 301 g/mol. The third-order valence-electron chi connectivity index (χ3n) is 4.11. The van der Waals surface area contributed by atoms with Crippen molar-refractivity contribution in [2.75, 3.05) is 12.8 Å². The van der Waals surface area contributed by atoms with Crippen LogP contribution >= 0.6 is 23.4 Å². The number of nitrogens with one attached hydrogen (secondary N) is 1. The average Bonchev–Trinajstić information content (AvgIpc) is 2.85. The van der Waals surface area contributed by atoms with Gasteiger partial charge in [0.15, 0.2) is 0 Å². The van der Waals surface area contributed by atoms with E-state index in [1.54, 1.807) is 6.07 Å². The van der Waals surface area contributed by atoms with Gasteiger partial charge in [0.1, 0.15) is 5.82 Å². The summed E-state index contributed by atoms with van der Waals surface area (Å²) in [5.41, 5.74) is 0.970. The fraction of sp³-hybridized carbons (Fsp3) is 0.600. The summed E-state index contributed by atoms with van der Waals surface area (Å²) in [6, 6.07) is 4.78. The molecule has 1 unspecified atom stereocenters. The Balaban J connectivity index is 1.99. The molecule has 2 rings (SSSR count). The largest absolute Gasteiger partial charge is 0.309 e. The Morgan fingerprint density at radius 2 is 2.11 bits per heavy atom. The molecule has 0 aromatic heterocycles. The van der Waals surface area contributed by atoms with Crippen molar-refractivity contribution in [3.63, 3.8) is 0 Å². The lowest BCUT2D eigenvalue weighted by Gasteiger charge is -2.29. The Hall–Kier alpha value is -0.250. The highest BCUT2D eigenvalue weighted by Crippen LogP contribution is 2.40. The van der Waals surface area contributed by atoms with Crippen LogP contribution in [0.15, 0.2) is 18.2 Å². The van der Waals surface area contributed by atoms with Crippen LogP contribution in [0.3, 0.4) is 0 Å². The third-order valence-corrected chi connectivity index (χ3v) is 5.85. The molecule has 1 atom stereocenters. The third kappa shape index (κ3) is 3.65. The molecule has 0 aliphatic heterocycles. The minimum atomic E-state index is -0.280. The molecule has 4 heteroatoms. The predicted octanol–water partition coefficient (Wildman–Crippen LogP) is 4.81. The van der Waals surface area contributed by atoms with Gasteiger partial charge in [-0.2, -0.15) is 11.8 Å². The molecule has 0 heterocycles. The van der Waals surface area contributed by atoms with Gasteiger partial charge in [-0.1, -0.05) is 30.5 Å². The number of hydrogen-bond acceptors (Lipinski definition) is 2. The van der Waals surface area contributed by atoms with Gasteiger partial charge in [-0.15, -0.1) is 0 Å². The highest BCUT2D eigenvalue weighted by molar-refractivity contribution is 8.00. The summed E-state index contributed by atoms with van der Waals surface area (Å²) in [7, 11) is 0. The van der Waals surface area contributed by atoms with E-state index in [2.05, 4.69) is 18.5 Å². The molecule has 19 heavy (non-hydrogen) atoms. The van der Waals surface area contributed by atoms with Gasteiger partial charge in [-0.3, -0.25) is 0 Å². The van der Waals surface area contributed by atoms with E-state index in [0.717, 1.165) is 12.1 Å². The van der Waals surface area contributed by atoms with Gasteiger partial charge in [0.25, 0.3) is 0 Å². The zero-order valence-electron chi connectivity index (χ0n) is 11.5. The molecule has 106 valence electrons. The first-order valence-electron chi connectivity index (χ1n) is 6.80. The Morgan fingerprint density at radius 1 is 1.42 bits per heavy atom. The van der Waals surface area contributed by atoms with Crippen molar-refractivity contribution in [1.29, 1.82) is 0 Å². The maximum atomic E-state index is 13.0. The number of thioether (sulfide) groups is 1. The second kappa shape index (κ2) is 6.47. The maximum Gasteiger partial charge on any atom is 0.124 e. The van der Waals surface area contributed by atoms with E-state index in [0.29, 0.717) is 9.77 Å². The minimum Gasteiger partial charge on any atom is -0.309 e. The topological polar surface area (TPSA) is 12.0 Å². The van der Waals surface area contributed by atoms with Crippen molar-refractivity contribution in [3.05, 3.63) is 34.6 Å². The number of rotatable bonds is 5. The number of halogens is 2. The van der Waals surface area contributed by atoms with Crippen LogP contribution in [0, 0.1) is 5.82 Å². The molecule has 0 radical (unpaired) electrons. The molecule has 1 aromatic rings. The highest BCUT2D eigenvalue weighted by Gasteiger charge is 2.33. The van der Waals surface area contributed by atoms with E-state index in [4.69, 9.17) is 11.6 Å². The minimum absolute atomic E-state index is 0.151. The number of benzene rings is 1.